The molecule has 8 nitrogen and oxygen atoms in total. The lowest BCUT2D eigenvalue weighted by Crippen LogP contribution is -2.41. The van der Waals surface area contributed by atoms with Gasteiger partial charge in [0, 0.05) is 18.8 Å². The maximum absolute atomic E-state index is 12.6. The van der Waals surface area contributed by atoms with Crippen molar-refractivity contribution in [2.24, 2.45) is 0 Å². The lowest BCUT2D eigenvalue weighted by atomic mass is 10.0. The molecule has 0 aromatic heterocycles. The van der Waals surface area contributed by atoms with Crippen molar-refractivity contribution < 1.29 is 19.6 Å². The second-order valence-electron chi connectivity index (χ2n) is 7.02. The molecule has 3 aromatic rings. The highest BCUT2D eigenvalue weighted by molar-refractivity contribution is 5.89. The van der Waals surface area contributed by atoms with Gasteiger partial charge < -0.3 is 20.1 Å². The molecule has 31 heavy (non-hydrogen) atoms. The Bertz CT molecular complexity index is 1040. The van der Waals surface area contributed by atoms with Crippen LogP contribution in [-0.2, 0) is 0 Å². The van der Waals surface area contributed by atoms with Gasteiger partial charge in [-0.2, -0.15) is 0 Å². The first-order valence-corrected chi connectivity index (χ1v) is 9.64. The molecule has 0 radical (unpaired) electrons. The van der Waals surface area contributed by atoms with Crippen molar-refractivity contribution in [2.75, 3.05) is 12.4 Å². The molecule has 0 bridgehead atoms. The molecule has 0 fully saturated rings. The molecule has 0 saturated heterocycles. The molecular weight excluding hydrogens is 398 g/mol. The van der Waals surface area contributed by atoms with E-state index in [9.17, 15) is 20.0 Å². The number of urea groups is 1. The zero-order chi connectivity index (χ0) is 22.4. The Labute approximate surface area is 179 Å². The standard InChI is InChI=1S/C23H23N3O5/c1-16(22(27)17-7-4-3-5-8-17)25(2)23(28)24-18-11-13-20(14-12-18)31-21-10-6-9-19(15-21)26(29)30/h3-16,22,27H,1-2H3,(H,24,28)/t16-,22-/m1/s1. The third kappa shape index (κ3) is 5.58. The number of nitro benzene ring substituents is 1. The van der Waals surface area contributed by atoms with Gasteiger partial charge >= 0.3 is 6.03 Å². The summed E-state index contributed by atoms with van der Waals surface area (Å²) in [7, 11) is 1.62. The van der Waals surface area contributed by atoms with E-state index in [4.69, 9.17) is 4.74 Å². The van der Waals surface area contributed by atoms with Crippen molar-refractivity contribution in [1.82, 2.24) is 4.90 Å². The third-order valence-corrected chi connectivity index (χ3v) is 4.90. The van der Waals surface area contributed by atoms with Crippen LogP contribution in [0, 0.1) is 10.1 Å². The molecule has 8 heteroatoms. The number of aliphatic hydroxyl groups is 1. The average molecular weight is 421 g/mol. The quantitative estimate of drug-likeness (QED) is 0.414. The molecule has 3 rings (SSSR count). The summed E-state index contributed by atoms with van der Waals surface area (Å²) in [6.07, 6.45) is -0.817. The van der Waals surface area contributed by atoms with Crippen LogP contribution >= 0.6 is 0 Å². The number of benzene rings is 3. The van der Waals surface area contributed by atoms with Crippen LogP contribution < -0.4 is 10.1 Å². The Morgan fingerprint density at radius 3 is 2.35 bits per heavy atom. The van der Waals surface area contributed by atoms with E-state index < -0.39 is 17.1 Å². The van der Waals surface area contributed by atoms with Gasteiger partial charge in [-0.25, -0.2) is 4.79 Å². The summed E-state index contributed by atoms with van der Waals surface area (Å²) in [5.74, 6) is 0.814. The average Bonchev–Trinajstić information content (AvgIpc) is 2.79. The lowest BCUT2D eigenvalue weighted by Gasteiger charge is -2.29. The number of nitrogens with one attached hydrogen (secondary N) is 1. The zero-order valence-corrected chi connectivity index (χ0v) is 17.1. The first-order chi connectivity index (χ1) is 14.8. The number of non-ortho nitro benzene ring substituents is 1. The van der Waals surface area contributed by atoms with Crippen LogP contribution in [0.1, 0.15) is 18.6 Å². The van der Waals surface area contributed by atoms with E-state index in [0.717, 1.165) is 5.56 Å². The molecule has 0 aliphatic heterocycles. The number of likely N-dealkylation sites (N-methyl/N-ethyl adjacent to an activating group) is 1. The van der Waals surface area contributed by atoms with E-state index in [1.165, 1.54) is 17.0 Å². The van der Waals surface area contributed by atoms with Gasteiger partial charge in [-0.1, -0.05) is 36.4 Å². The Balaban J connectivity index is 1.60. The third-order valence-electron chi connectivity index (χ3n) is 4.90. The van der Waals surface area contributed by atoms with Gasteiger partial charge in [0.15, 0.2) is 0 Å². The highest BCUT2D eigenvalue weighted by atomic mass is 16.6. The number of anilines is 1. The summed E-state index contributed by atoms with van der Waals surface area (Å²) >= 11 is 0. The molecule has 0 aliphatic rings. The minimum absolute atomic E-state index is 0.0590. The molecule has 2 amide bonds. The van der Waals surface area contributed by atoms with Crippen LogP contribution in [0.2, 0.25) is 0 Å². The topological polar surface area (TPSA) is 105 Å². The van der Waals surface area contributed by atoms with Crippen LogP contribution in [0.3, 0.4) is 0 Å². The number of nitro groups is 1. The Morgan fingerprint density at radius 2 is 1.71 bits per heavy atom. The summed E-state index contributed by atoms with van der Waals surface area (Å²) in [4.78, 5) is 24.4. The number of rotatable bonds is 7. The zero-order valence-electron chi connectivity index (χ0n) is 17.1. The highest BCUT2D eigenvalue weighted by Crippen LogP contribution is 2.26. The van der Waals surface area contributed by atoms with E-state index in [2.05, 4.69) is 5.32 Å². The molecule has 0 unspecified atom stereocenters. The number of hydrogen-bond donors (Lipinski definition) is 2. The Hall–Kier alpha value is -3.91. The molecular formula is C23H23N3O5. The van der Waals surface area contributed by atoms with Gasteiger partial charge in [0.05, 0.1) is 23.1 Å². The number of carbonyl (C=O) groups is 1. The van der Waals surface area contributed by atoms with Crippen molar-refractivity contribution >= 4 is 17.4 Å². The van der Waals surface area contributed by atoms with Gasteiger partial charge in [0.1, 0.15) is 11.5 Å². The fourth-order valence-corrected chi connectivity index (χ4v) is 2.94. The highest BCUT2D eigenvalue weighted by Gasteiger charge is 2.24. The molecule has 0 saturated carbocycles. The van der Waals surface area contributed by atoms with Crippen LogP contribution in [0.25, 0.3) is 0 Å². The molecule has 2 N–H and O–H groups in total. The number of nitrogens with zero attached hydrogens (tertiary/aromatic N) is 2. The van der Waals surface area contributed by atoms with E-state index in [0.29, 0.717) is 17.2 Å². The Kier molecular flexibility index (Phi) is 6.84. The summed E-state index contributed by atoms with van der Waals surface area (Å²) < 4.78 is 5.63. The summed E-state index contributed by atoms with van der Waals surface area (Å²) in [6.45, 7) is 1.77. The van der Waals surface area contributed by atoms with Crippen LogP contribution in [0.4, 0.5) is 16.2 Å². The molecule has 2 atom stereocenters. The minimum Gasteiger partial charge on any atom is -0.457 e. The predicted octanol–water partition coefficient (Wildman–Crippen LogP) is 4.97. The van der Waals surface area contributed by atoms with Gasteiger partial charge in [0.25, 0.3) is 5.69 Å². The van der Waals surface area contributed by atoms with Gasteiger partial charge in [-0.05, 0) is 42.8 Å². The predicted molar refractivity (Wildman–Crippen MR) is 117 cm³/mol. The van der Waals surface area contributed by atoms with Gasteiger partial charge in [0.2, 0.25) is 0 Å². The minimum atomic E-state index is -0.817. The number of aliphatic hydroxyl groups excluding tert-OH is 1. The van der Waals surface area contributed by atoms with Crippen molar-refractivity contribution in [3.63, 3.8) is 0 Å². The van der Waals surface area contributed by atoms with Crippen molar-refractivity contribution in [1.29, 1.82) is 0 Å². The second kappa shape index (κ2) is 9.73. The smallest absolute Gasteiger partial charge is 0.321 e. The first-order valence-electron chi connectivity index (χ1n) is 9.64. The maximum atomic E-state index is 12.6. The number of amides is 2. The largest absolute Gasteiger partial charge is 0.457 e. The van der Waals surface area contributed by atoms with E-state index >= 15 is 0 Å². The van der Waals surface area contributed by atoms with E-state index in [1.807, 2.05) is 30.3 Å². The number of ether oxygens (including phenoxy) is 1. The summed E-state index contributed by atoms with van der Waals surface area (Å²) in [5.41, 5.74) is 1.22. The molecule has 160 valence electrons. The van der Waals surface area contributed by atoms with Crippen LogP contribution in [-0.4, -0.2) is 34.1 Å². The number of carbonyl (C=O) groups excluding carboxylic acids is 1. The summed E-state index contributed by atoms with van der Waals surface area (Å²) in [5, 5.41) is 24.2. The molecule has 0 aliphatic carbocycles. The van der Waals surface area contributed by atoms with E-state index in [-0.39, 0.29) is 11.7 Å². The van der Waals surface area contributed by atoms with Crippen molar-refractivity contribution in [3.8, 4) is 11.5 Å². The number of hydrogen-bond acceptors (Lipinski definition) is 5. The van der Waals surface area contributed by atoms with Crippen molar-refractivity contribution in [3.05, 3.63) is 94.5 Å². The van der Waals surface area contributed by atoms with Crippen molar-refractivity contribution in [2.45, 2.75) is 19.1 Å². The normalized spacial score (nSPS) is 12.5. The van der Waals surface area contributed by atoms with Gasteiger partial charge in [-0.3, -0.25) is 10.1 Å². The molecule has 3 aromatic carbocycles. The Morgan fingerprint density at radius 1 is 1.03 bits per heavy atom. The maximum Gasteiger partial charge on any atom is 0.321 e. The summed E-state index contributed by atoms with van der Waals surface area (Å²) in [6, 6.07) is 20.9. The molecule has 0 heterocycles. The van der Waals surface area contributed by atoms with E-state index in [1.54, 1.807) is 50.4 Å². The van der Waals surface area contributed by atoms with Crippen LogP contribution in [0.15, 0.2) is 78.9 Å². The van der Waals surface area contributed by atoms with Crippen LogP contribution in [0.5, 0.6) is 11.5 Å². The SMILES string of the molecule is C[C@H]([C@@H](O)c1ccccc1)N(C)C(=O)Nc1ccc(Oc2cccc([N+](=O)[O-])c2)cc1. The van der Waals surface area contributed by atoms with Gasteiger partial charge in [-0.15, -0.1) is 0 Å². The monoisotopic (exact) mass is 421 g/mol. The fourth-order valence-electron chi connectivity index (χ4n) is 2.94. The lowest BCUT2D eigenvalue weighted by molar-refractivity contribution is -0.384. The first kappa shape index (κ1) is 21.8. The molecule has 0 spiro atoms. The second-order valence-corrected chi connectivity index (χ2v) is 7.02. The fraction of sp³-hybridized carbons (Fsp3) is 0.174.